The molecule has 13 heavy (non-hydrogen) atoms. The van der Waals surface area contributed by atoms with Gasteiger partial charge in [-0.2, -0.15) is 0 Å². The maximum Gasteiger partial charge on any atom is -0.0325 e. The Hall–Kier alpha value is -0.520. The molecule has 0 aliphatic rings. The summed E-state index contributed by atoms with van der Waals surface area (Å²) in [5.41, 5.74) is 0. The first kappa shape index (κ1) is 12.5. The molecule has 0 fully saturated rings. The Morgan fingerprint density at radius 3 is 2.23 bits per heavy atom. The van der Waals surface area contributed by atoms with Crippen LogP contribution in [0.3, 0.4) is 0 Å². The topological polar surface area (TPSA) is 0 Å². The average molecular weight is 180 g/mol. The van der Waals surface area contributed by atoms with Crippen LogP contribution in [-0.4, -0.2) is 0 Å². The van der Waals surface area contributed by atoms with Crippen molar-refractivity contribution < 1.29 is 0 Å². The number of rotatable bonds is 7. The third-order valence-corrected chi connectivity index (χ3v) is 2.18. The molecule has 0 heteroatoms. The Labute approximate surface area is 83.7 Å². The highest BCUT2D eigenvalue weighted by Gasteiger charge is 1.96. The Morgan fingerprint density at radius 1 is 1.08 bits per heavy atom. The van der Waals surface area contributed by atoms with Gasteiger partial charge in [0.15, 0.2) is 0 Å². The van der Waals surface area contributed by atoms with Crippen molar-refractivity contribution in [1.82, 2.24) is 0 Å². The predicted octanol–water partition coefficient (Wildman–Crippen LogP) is 4.58. The second kappa shape index (κ2) is 8.10. The quantitative estimate of drug-likeness (QED) is 0.503. The molecule has 0 nitrogen and oxygen atoms in total. The maximum atomic E-state index is 3.73. The van der Waals surface area contributed by atoms with E-state index >= 15 is 0 Å². The normalized spacial score (nSPS) is 13.8. The summed E-state index contributed by atoms with van der Waals surface area (Å²) in [6.45, 7) is 10.6. The van der Waals surface area contributed by atoms with E-state index in [0.29, 0.717) is 0 Å². The minimum absolute atomic E-state index is 0.791. The van der Waals surface area contributed by atoms with E-state index in [1.54, 1.807) is 0 Å². The van der Waals surface area contributed by atoms with Gasteiger partial charge in [0.05, 0.1) is 0 Å². The lowest BCUT2D eigenvalue weighted by Crippen LogP contribution is -1.91. The zero-order valence-electron chi connectivity index (χ0n) is 9.42. The van der Waals surface area contributed by atoms with Crippen molar-refractivity contribution in [2.45, 2.75) is 46.5 Å². The fourth-order valence-electron chi connectivity index (χ4n) is 1.22. The van der Waals surface area contributed by atoms with Crippen molar-refractivity contribution in [1.29, 1.82) is 0 Å². The van der Waals surface area contributed by atoms with E-state index in [2.05, 4.69) is 39.5 Å². The molecule has 0 rings (SSSR count). The van der Waals surface area contributed by atoms with Gasteiger partial charge in [0.1, 0.15) is 0 Å². The minimum atomic E-state index is 0.791. The molecular formula is C13H24. The third kappa shape index (κ3) is 9.39. The molecule has 0 amide bonds. The van der Waals surface area contributed by atoms with Crippen LogP contribution in [-0.2, 0) is 0 Å². The first-order chi connectivity index (χ1) is 6.16. The molecule has 0 aliphatic carbocycles. The minimum Gasteiger partial charge on any atom is -0.103 e. The lowest BCUT2D eigenvalue weighted by Gasteiger charge is -2.05. The monoisotopic (exact) mass is 180 g/mol. The fourth-order valence-corrected chi connectivity index (χ4v) is 1.22. The molecule has 0 aromatic rings. The molecule has 0 N–H and O–H groups in total. The smallest absolute Gasteiger partial charge is 0.0325 e. The van der Waals surface area contributed by atoms with E-state index in [1.165, 1.54) is 19.3 Å². The summed E-state index contributed by atoms with van der Waals surface area (Å²) in [4.78, 5) is 0. The van der Waals surface area contributed by atoms with Crippen LogP contribution in [0.1, 0.15) is 46.5 Å². The molecule has 0 aromatic heterocycles. The number of allylic oxidation sites excluding steroid dienone is 3. The van der Waals surface area contributed by atoms with E-state index in [-0.39, 0.29) is 0 Å². The standard InChI is InChI=1S/C13H24/c1-5-6-10-13(4)11-8-7-9-12(2)3/h5,7-8,12-13H,1,6,9-11H2,2-4H3. The first-order valence-corrected chi connectivity index (χ1v) is 5.42. The molecule has 1 unspecified atom stereocenters. The summed E-state index contributed by atoms with van der Waals surface area (Å²) in [7, 11) is 0. The van der Waals surface area contributed by atoms with Gasteiger partial charge in [0.2, 0.25) is 0 Å². The Kier molecular flexibility index (Phi) is 7.77. The maximum absolute atomic E-state index is 3.73. The van der Waals surface area contributed by atoms with Crippen LogP contribution >= 0.6 is 0 Å². The van der Waals surface area contributed by atoms with Gasteiger partial charge in [-0.15, -0.1) is 6.58 Å². The van der Waals surface area contributed by atoms with Gasteiger partial charge in [0.25, 0.3) is 0 Å². The van der Waals surface area contributed by atoms with Gasteiger partial charge in [-0.1, -0.05) is 39.0 Å². The molecule has 76 valence electrons. The number of hydrogen-bond donors (Lipinski definition) is 0. The fraction of sp³-hybridized carbons (Fsp3) is 0.692. The Morgan fingerprint density at radius 2 is 1.69 bits per heavy atom. The van der Waals surface area contributed by atoms with Crippen molar-refractivity contribution in [3.8, 4) is 0 Å². The van der Waals surface area contributed by atoms with E-state index in [4.69, 9.17) is 0 Å². The largest absolute Gasteiger partial charge is 0.103 e. The summed E-state index contributed by atoms with van der Waals surface area (Å²) in [6, 6.07) is 0. The van der Waals surface area contributed by atoms with Crippen LogP contribution < -0.4 is 0 Å². The molecule has 0 spiro atoms. The van der Waals surface area contributed by atoms with E-state index < -0.39 is 0 Å². The SMILES string of the molecule is C=CCCC(C)CC=CCC(C)C. The van der Waals surface area contributed by atoms with Crippen molar-refractivity contribution in [3.63, 3.8) is 0 Å². The highest BCUT2D eigenvalue weighted by atomic mass is 14.0. The van der Waals surface area contributed by atoms with Gasteiger partial charge in [-0.25, -0.2) is 0 Å². The zero-order chi connectivity index (χ0) is 10.1. The average Bonchev–Trinajstić information content (AvgIpc) is 2.08. The predicted molar refractivity (Wildman–Crippen MR) is 61.8 cm³/mol. The van der Waals surface area contributed by atoms with Crippen LogP contribution in [0.4, 0.5) is 0 Å². The number of hydrogen-bond acceptors (Lipinski definition) is 0. The zero-order valence-corrected chi connectivity index (χ0v) is 9.42. The molecular weight excluding hydrogens is 156 g/mol. The van der Waals surface area contributed by atoms with Gasteiger partial charge < -0.3 is 0 Å². The van der Waals surface area contributed by atoms with Crippen LogP contribution in [0.15, 0.2) is 24.8 Å². The van der Waals surface area contributed by atoms with Crippen LogP contribution in [0.2, 0.25) is 0 Å². The molecule has 0 saturated carbocycles. The lowest BCUT2D eigenvalue weighted by atomic mass is 10.0. The van der Waals surface area contributed by atoms with Crippen molar-refractivity contribution >= 4 is 0 Å². The lowest BCUT2D eigenvalue weighted by molar-refractivity contribution is 0.545. The van der Waals surface area contributed by atoms with Crippen LogP contribution in [0, 0.1) is 11.8 Å². The first-order valence-electron chi connectivity index (χ1n) is 5.42. The summed E-state index contributed by atoms with van der Waals surface area (Å²) < 4.78 is 0. The molecule has 0 radical (unpaired) electrons. The summed E-state index contributed by atoms with van der Waals surface area (Å²) in [5.74, 6) is 1.60. The Bertz CT molecular complexity index is 142. The van der Waals surface area contributed by atoms with Crippen molar-refractivity contribution in [3.05, 3.63) is 24.8 Å². The molecule has 0 aliphatic heterocycles. The summed E-state index contributed by atoms with van der Waals surface area (Å²) in [6.07, 6.45) is 11.5. The second-order valence-electron chi connectivity index (χ2n) is 4.31. The highest BCUT2D eigenvalue weighted by Crippen LogP contribution is 2.11. The summed E-state index contributed by atoms with van der Waals surface area (Å²) in [5, 5.41) is 0. The van der Waals surface area contributed by atoms with Gasteiger partial charge >= 0.3 is 0 Å². The summed E-state index contributed by atoms with van der Waals surface area (Å²) >= 11 is 0. The Balaban J connectivity index is 3.39. The third-order valence-electron chi connectivity index (χ3n) is 2.18. The van der Waals surface area contributed by atoms with Crippen molar-refractivity contribution in [2.75, 3.05) is 0 Å². The van der Waals surface area contributed by atoms with E-state index in [9.17, 15) is 0 Å². The van der Waals surface area contributed by atoms with E-state index in [0.717, 1.165) is 18.3 Å². The van der Waals surface area contributed by atoms with Gasteiger partial charge in [-0.3, -0.25) is 0 Å². The van der Waals surface area contributed by atoms with Gasteiger partial charge in [0, 0.05) is 0 Å². The molecule has 1 atom stereocenters. The molecule has 0 aromatic carbocycles. The second-order valence-corrected chi connectivity index (χ2v) is 4.31. The molecule has 0 heterocycles. The van der Waals surface area contributed by atoms with E-state index in [1.807, 2.05) is 6.08 Å². The molecule has 0 saturated heterocycles. The molecule has 0 bridgehead atoms. The highest BCUT2D eigenvalue weighted by molar-refractivity contribution is 4.84. The van der Waals surface area contributed by atoms with Crippen molar-refractivity contribution in [2.24, 2.45) is 11.8 Å². The van der Waals surface area contributed by atoms with Crippen LogP contribution in [0.25, 0.3) is 0 Å². The van der Waals surface area contributed by atoms with Gasteiger partial charge in [-0.05, 0) is 37.5 Å². The van der Waals surface area contributed by atoms with Crippen LogP contribution in [0.5, 0.6) is 0 Å².